The lowest BCUT2D eigenvalue weighted by atomic mass is 10.2. The molecule has 1 saturated heterocycles. The number of terminal acetylenes is 1. The van der Waals surface area contributed by atoms with E-state index in [0.717, 1.165) is 26.2 Å². The van der Waals surface area contributed by atoms with E-state index < -0.39 is 0 Å². The van der Waals surface area contributed by atoms with E-state index in [4.69, 9.17) is 0 Å². The van der Waals surface area contributed by atoms with Gasteiger partial charge in [0.1, 0.15) is 0 Å². The molecule has 0 saturated carbocycles. The Hall–Kier alpha value is -1.50. The van der Waals surface area contributed by atoms with E-state index in [9.17, 15) is 0 Å². The number of anilines is 1. The molecule has 1 aliphatic heterocycles. The number of benzene rings is 1. The molecule has 0 bridgehead atoms. The van der Waals surface area contributed by atoms with Gasteiger partial charge >= 0.3 is 0 Å². The summed E-state index contributed by atoms with van der Waals surface area (Å²) in [6.07, 6.45) is 8.00. The van der Waals surface area contributed by atoms with Crippen LogP contribution in [0.5, 0.6) is 0 Å². The zero-order chi connectivity index (χ0) is 14.1. The fourth-order valence-corrected chi connectivity index (χ4v) is 2.97. The lowest BCUT2D eigenvalue weighted by Crippen LogP contribution is -2.43. The molecule has 2 heterocycles. The van der Waals surface area contributed by atoms with Gasteiger partial charge in [-0.1, -0.05) is 19.9 Å². The quantitative estimate of drug-likeness (QED) is 0.800. The largest absolute Gasteiger partial charge is 0.368 e. The standard InChI is InChI=1S/C12H14N2S.C2H6.C2H2/c1-2-11(14-7-5-13-6-8-14)10-4-9-15-12(10)3-1;2*1-2/h1-4,9,13H,5-8H2;1-2H3;1-2H. The maximum absolute atomic E-state index is 4.00. The van der Waals surface area contributed by atoms with Gasteiger partial charge in [0.15, 0.2) is 0 Å². The molecule has 3 heteroatoms. The van der Waals surface area contributed by atoms with Crippen molar-refractivity contribution in [2.75, 3.05) is 31.1 Å². The number of fused-ring (bicyclic) bond motifs is 1. The fraction of sp³-hybridized carbons (Fsp3) is 0.375. The van der Waals surface area contributed by atoms with Gasteiger partial charge in [0, 0.05) is 42.0 Å². The van der Waals surface area contributed by atoms with Crippen LogP contribution in [-0.2, 0) is 0 Å². The molecule has 102 valence electrons. The second-order valence-corrected chi connectivity index (χ2v) is 4.79. The SMILES string of the molecule is C#C.CC.c1cc(N2CCNCC2)c2ccsc2c1. The molecule has 0 radical (unpaired) electrons. The molecule has 0 aliphatic carbocycles. The summed E-state index contributed by atoms with van der Waals surface area (Å²) < 4.78 is 1.39. The molecule has 19 heavy (non-hydrogen) atoms. The van der Waals surface area contributed by atoms with E-state index in [2.05, 4.69) is 52.7 Å². The van der Waals surface area contributed by atoms with Gasteiger partial charge in [0.05, 0.1) is 0 Å². The Morgan fingerprint density at radius 1 is 1.11 bits per heavy atom. The third-order valence-corrected chi connectivity index (χ3v) is 3.81. The van der Waals surface area contributed by atoms with Gasteiger partial charge in [0.2, 0.25) is 0 Å². The minimum absolute atomic E-state index is 1.10. The van der Waals surface area contributed by atoms with Crippen LogP contribution in [0.4, 0.5) is 5.69 Å². The number of hydrogen-bond donors (Lipinski definition) is 1. The Bertz CT molecular complexity index is 495. The van der Waals surface area contributed by atoms with Crippen molar-refractivity contribution in [3.05, 3.63) is 29.6 Å². The highest BCUT2D eigenvalue weighted by atomic mass is 32.1. The van der Waals surface area contributed by atoms with Crippen LogP contribution in [0.25, 0.3) is 10.1 Å². The zero-order valence-corrected chi connectivity index (χ0v) is 12.5. The first kappa shape index (κ1) is 15.6. The van der Waals surface area contributed by atoms with Crippen molar-refractivity contribution in [2.45, 2.75) is 13.8 Å². The van der Waals surface area contributed by atoms with Gasteiger partial charge < -0.3 is 10.2 Å². The second kappa shape index (κ2) is 8.58. The summed E-state index contributed by atoms with van der Waals surface area (Å²) in [6.45, 7) is 8.44. The molecule has 3 rings (SSSR count). The van der Waals surface area contributed by atoms with Crippen molar-refractivity contribution in [3.8, 4) is 12.8 Å². The van der Waals surface area contributed by atoms with Crippen LogP contribution in [0.2, 0.25) is 0 Å². The molecule has 0 spiro atoms. The van der Waals surface area contributed by atoms with E-state index in [1.165, 1.54) is 15.8 Å². The van der Waals surface area contributed by atoms with Crippen molar-refractivity contribution < 1.29 is 0 Å². The molecule has 1 N–H and O–H groups in total. The summed E-state index contributed by atoms with van der Waals surface area (Å²) in [7, 11) is 0. The van der Waals surface area contributed by atoms with Crippen LogP contribution in [0, 0.1) is 12.8 Å². The first-order chi connectivity index (χ1) is 9.45. The summed E-state index contributed by atoms with van der Waals surface area (Å²) in [4.78, 5) is 2.48. The third-order valence-electron chi connectivity index (χ3n) is 2.93. The number of nitrogens with zero attached hydrogens (tertiary/aromatic N) is 1. The zero-order valence-electron chi connectivity index (χ0n) is 11.7. The van der Waals surface area contributed by atoms with Crippen LogP contribution < -0.4 is 10.2 Å². The molecule has 1 aromatic heterocycles. The Morgan fingerprint density at radius 3 is 2.47 bits per heavy atom. The highest BCUT2D eigenvalue weighted by Crippen LogP contribution is 2.30. The van der Waals surface area contributed by atoms with Gasteiger partial charge in [0.25, 0.3) is 0 Å². The molecule has 1 aromatic carbocycles. The number of piperazine rings is 1. The first-order valence-electron chi connectivity index (χ1n) is 6.70. The molecule has 1 aliphatic rings. The summed E-state index contributed by atoms with van der Waals surface area (Å²) in [5.74, 6) is 0. The lowest BCUT2D eigenvalue weighted by molar-refractivity contribution is 0.590. The molecular weight excluding hydrogens is 252 g/mol. The summed E-state index contributed by atoms with van der Waals surface area (Å²) in [5.41, 5.74) is 1.40. The van der Waals surface area contributed by atoms with Gasteiger partial charge in [-0.2, -0.15) is 0 Å². The smallest absolute Gasteiger partial charge is 0.0455 e. The minimum atomic E-state index is 1.10. The van der Waals surface area contributed by atoms with Gasteiger partial charge in [-0.3, -0.25) is 0 Å². The van der Waals surface area contributed by atoms with E-state index in [0.29, 0.717) is 0 Å². The molecule has 2 aromatic rings. The van der Waals surface area contributed by atoms with Gasteiger partial charge in [-0.25, -0.2) is 0 Å². The predicted octanol–water partition coefficient (Wildman–Crippen LogP) is 3.59. The topological polar surface area (TPSA) is 15.3 Å². The molecular formula is C16H22N2S. The van der Waals surface area contributed by atoms with Crippen LogP contribution in [0.1, 0.15) is 13.8 Å². The Balaban J connectivity index is 0.000000415. The van der Waals surface area contributed by atoms with Crippen LogP contribution >= 0.6 is 11.3 Å². The highest BCUT2D eigenvalue weighted by molar-refractivity contribution is 7.17. The fourth-order valence-electron chi connectivity index (χ4n) is 2.16. The molecule has 0 atom stereocenters. The summed E-state index contributed by atoms with van der Waals surface area (Å²) in [6, 6.07) is 8.83. The average Bonchev–Trinajstić information content (AvgIpc) is 3.00. The normalized spacial score (nSPS) is 14.0. The minimum Gasteiger partial charge on any atom is -0.368 e. The maximum Gasteiger partial charge on any atom is 0.0455 e. The van der Waals surface area contributed by atoms with Crippen molar-refractivity contribution >= 4 is 27.1 Å². The van der Waals surface area contributed by atoms with E-state index >= 15 is 0 Å². The Kier molecular flexibility index (Phi) is 7.02. The van der Waals surface area contributed by atoms with E-state index in [-0.39, 0.29) is 0 Å². The Morgan fingerprint density at radius 2 is 1.79 bits per heavy atom. The van der Waals surface area contributed by atoms with Crippen LogP contribution in [0.3, 0.4) is 0 Å². The van der Waals surface area contributed by atoms with Gasteiger partial charge in [-0.05, 0) is 23.6 Å². The predicted molar refractivity (Wildman–Crippen MR) is 88.1 cm³/mol. The van der Waals surface area contributed by atoms with Crippen LogP contribution in [-0.4, -0.2) is 26.2 Å². The van der Waals surface area contributed by atoms with Gasteiger partial charge in [-0.15, -0.1) is 24.2 Å². The lowest BCUT2D eigenvalue weighted by Gasteiger charge is -2.30. The first-order valence-corrected chi connectivity index (χ1v) is 7.58. The summed E-state index contributed by atoms with van der Waals surface area (Å²) in [5, 5.41) is 6.97. The monoisotopic (exact) mass is 274 g/mol. The second-order valence-electron chi connectivity index (χ2n) is 3.85. The number of rotatable bonds is 1. The molecule has 1 fully saturated rings. The van der Waals surface area contributed by atoms with E-state index in [1.807, 2.05) is 25.2 Å². The average molecular weight is 274 g/mol. The molecule has 0 unspecified atom stereocenters. The Labute approximate surface area is 120 Å². The number of nitrogens with one attached hydrogen (secondary N) is 1. The van der Waals surface area contributed by atoms with Crippen molar-refractivity contribution in [1.29, 1.82) is 0 Å². The van der Waals surface area contributed by atoms with Crippen molar-refractivity contribution in [1.82, 2.24) is 5.32 Å². The molecule has 0 amide bonds. The summed E-state index contributed by atoms with van der Waals surface area (Å²) >= 11 is 1.82. The third kappa shape index (κ3) is 3.73. The van der Waals surface area contributed by atoms with Crippen molar-refractivity contribution in [2.24, 2.45) is 0 Å². The van der Waals surface area contributed by atoms with Crippen molar-refractivity contribution in [3.63, 3.8) is 0 Å². The van der Waals surface area contributed by atoms with E-state index in [1.54, 1.807) is 0 Å². The van der Waals surface area contributed by atoms with Crippen LogP contribution in [0.15, 0.2) is 29.6 Å². The molecule has 2 nitrogen and oxygen atoms in total. The number of hydrogen-bond acceptors (Lipinski definition) is 3. The number of thiophene rings is 1. The highest BCUT2D eigenvalue weighted by Gasteiger charge is 2.12. The maximum atomic E-state index is 4.00.